The van der Waals surface area contributed by atoms with Crippen LogP contribution in [0, 0.1) is 11.8 Å². The molecule has 3 saturated heterocycles. The number of rotatable bonds is 8. The van der Waals surface area contributed by atoms with Crippen molar-refractivity contribution in [2.75, 3.05) is 13.1 Å². The first-order chi connectivity index (χ1) is 15.7. The van der Waals surface area contributed by atoms with E-state index in [1.807, 2.05) is 71.5 Å². The van der Waals surface area contributed by atoms with Crippen LogP contribution in [0.1, 0.15) is 24.1 Å². The minimum Gasteiger partial charge on any atom is -0.487 e. The van der Waals surface area contributed by atoms with Crippen molar-refractivity contribution >= 4 is 5.91 Å². The van der Waals surface area contributed by atoms with Gasteiger partial charge in [-0.05, 0) is 43.0 Å². The summed E-state index contributed by atoms with van der Waals surface area (Å²) in [5.41, 5.74) is 1.96. The van der Waals surface area contributed by atoms with Gasteiger partial charge in [-0.2, -0.15) is 0 Å². The zero-order valence-corrected chi connectivity index (χ0v) is 18.1. The third-order valence-electron chi connectivity index (χ3n) is 6.64. The molecule has 1 N–H and O–H groups in total. The summed E-state index contributed by atoms with van der Waals surface area (Å²) in [6.45, 7) is 3.68. The number of para-hydroxylation sites is 1. The Morgan fingerprint density at radius 3 is 2.62 bits per heavy atom. The van der Waals surface area contributed by atoms with Crippen LogP contribution in [0.2, 0.25) is 0 Å². The first-order valence-corrected chi connectivity index (χ1v) is 11.4. The molecule has 3 aliphatic rings. The van der Waals surface area contributed by atoms with E-state index in [2.05, 4.69) is 20.5 Å². The van der Waals surface area contributed by atoms with Gasteiger partial charge >= 0.3 is 0 Å². The monoisotopic (exact) mass is 431 g/mol. The van der Waals surface area contributed by atoms with Gasteiger partial charge in [-0.3, -0.25) is 14.4 Å². The number of fused-ring (bicyclic) bond motifs is 3. The molecule has 2 bridgehead atoms. The summed E-state index contributed by atoms with van der Waals surface area (Å²) in [4.78, 5) is 15.3. The van der Waals surface area contributed by atoms with Crippen LogP contribution in [0.4, 0.5) is 0 Å². The molecule has 7 heteroatoms. The molecule has 0 saturated carbocycles. The summed E-state index contributed by atoms with van der Waals surface area (Å²) >= 11 is 0. The maximum absolute atomic E-state index is 12.8. The summed E-state index contributed by atoms with van der Waals surface area (Å²) in [5.74, 6) is 1.52. The molecule has 3 fully saturated rings. The van der Waals surface area contributed by atoms with Gasteiger partial charge in [0.25, 0.3) is 0 Å². The van der Waals surface area contributed by atoms with E-state index in [9.17, 15) is 4.79 Å². The first kappa shape index (κ1) is 20.7. The maximum atomic E-state index is 12.8. The maximum Gasteiger partial charge on any atom is 0.224 e. The van der Waals surface area contributed by atoms with E-state index in [0.29, 0.717) is 25.1 Å². The topological polar surface area (TPSA) is 72.3 Å². The Morgan fingerprint density at radius 1 is 1.09 bits per heavy atom. The highest BCUT2D eigenvalue weighted by atomic mass is 16.5. The average Bonchev–Trinajstić information content (AvgIpc) is 3.30. The average molecular weight is 432 g/mol. The molecular formula is C25H29N5O2. The minimum atomic E-state index is 0.0780. The van der Waals surface area contributed by atoms with Crippen LogP contribution in [0.25, 0.3) is 0 Å². The summed E-state index contributed by atoms with van der Waals surface area (Å²) < 4.78 is 7.69. The molecule has 3 aliphatic heterocycles. The molecule has 166 valence electrons. The van der Waals surface area contributed by atoms with Gasteiger partial charge in [0.2, 0.25) is 5.91 Å². The van der Waals surface area contributed by atoms with Crippen LogP contribution in [-0.4, -0.2) is 44.9 Å². The Morgan fingerprint density at radius 2 is 1.88 bits per heavy atom. The number of hydrogen-bond acceptors (Lipinski definition) is 5. The smallest absolute Gasteiger partial charge is 0.224 e. The molecule has 3 aromatic rings. The zero-order chi connectivity index (χ0) is 21.8. The fourth-order valence-corrected chi connectivity index (χ4v) is 4.93. The third kappa shape index (κ3) is 4.83. The molecule has 1 aromatic heterocycles. The number of hydrogen-bond donors (Lipinski definition) is 1. The number of ether oxygens (including phenoxy) is 1. The lowest BCUT2D eigenvalue weighted by atomic mass is 9.75. The molecule has 0 radical (unpaired) electrons. The molecule has 1 unspecified atom stereocenters. The Bertz CT molecular complexity index is 1020. The van der Waals surface area contributed by atoms with Crippen LogP contribution in [-0.2, 0) is 24.5 Å². The van der Waals surface area contributed by atoms with Crippen molar-refractivity contribution in [3.63, 3.8) is 0 Å². The van der Waals surface area contributed by atoms with Gasteiger partial charge in [0.05, 0.1) is 18.7 Å². The fourth-order valence-electron chi connectivity index (χ4n) is 4.93. The van der Waals surface area contributed by atoms with Gasteiger partial charge in [0.15, 0.2) is 0 Å². The van der Waals surface area contributed by atoms with Crippen LogP contribution < -0.4 is 10.1 Å². The van der Waals surface area contributed by atoms with E-state index >= 15 is 0 Å². The second kappa shape index (κ2) is 9.53. The van der Waals surface area contributed by atoms with Crippen LogP contribution >= 0.6 is 0 Å². The Hall–Kier alpha value is -3.19. The van der Waals surface area contributed by atoms with Gasteiger partial charge in [0.1, 0.15) is 18.1 Å². The molecule has 4 atom stereocenters. The van der Waals surface area contributed by atoms with E-state index in [0.717, 1.165) is 49.5 Å². The quantitative estimate of drug-likeness (QED) is 0.594. The van der Waals surface area contributed by atoms with Crippen molar-refractivity contribution in [2.45, 2.75) is 38.6 Å². The van der Waals surface area contributed by atoms with Gasteiger partial charge < -0.3 is 10.1 Å². The number of piperidine rings is 3. The second-order valence-corrected chi connectivity index (χ2v) is 8.78. The minimum absolute atomic E-state index is 0.0780. The van der Waals surface area contributed by atoms with Crippen LogP contribution in [0.15, 0.2) is 66.9 Å². The second-order valence-electron chi connectivity index (χ2n) is 8.78. The van der Waals surface area contributed by atoms with Gasteiger partial charge in [-0.25, -0.2) is 0 Å². The predicted octanol–water partition coefficient (Wildman–Crippen LogP) is 2.88. The van der Waals surface area contributed by atoms with Gasteiger partial charge in [-0.15, -0.1) is 5.10 Å². The zero-order valence-electron chi connectivity index (χ0n) is 18.1. The number of carbonyl (C=O) groups excluding carboxylic acids is 1. The molecule has 0 aliphatic carbocycles. The van der Waals surface area contributed by atoms with E-state index in [-0.39, 0.29) is 11.8 Å². The predicted molar refractivity (Wildman–Crippen MR) is 121 cm³/mol. The van der Waals surface area contributed by atoms with Crippen LogP contribution in [0.3, 0.4) is 0 Å². The largest absolute Gasteiger partial charge is 0.487 e. The SMILES string of the molecule is O=C(NCc1ccccc1)[C@H]1CN2CC[C@H]1C[C@@H]2Cn1cc(COc2ccccc2)nn1. The molecule has 32 heavy (non-hydrogen) atoms. The fraction of sp³-hybridized carbons (Fsp3) is 0.400. The van der Waals surface area contributed by atoms with E-state index in [1.165, 1.54) is 0 Å². The first-order valence-electron chi connectivity index (χ1n) is 11.4. The Labute approximate surface area is 188 Å². The van der Waals surface area contributed by atoms with Crippen molar-refractivity contribution in [1.82, 2.24) is 25.2 Å². The summed E-state index contributed by atoms with van der Waals surface area (Å²) in [6.07, 6.45) is 4.09. The highest BCUT2D eigenvalue weighted by molar-refractivity contribution is 5.79. The number of nitrogens with zero attached hydrogens (tertiary/aromatic N) is 4. The van der Waals surface area contributed by atoms with Crippen molar-refractivity contribution in [3.8, 4) is 5.75 Å². The molecule has 1 amide bonds. The Balaban J connectivity index is 1.12. The standard InChI is InChI=1S/C25H29N5O2/c31-25(26-14-19-7-3-1-4-8-19)24-17-29-12-11-20(24)13-22(29)16-30-15-21(27-28-30)18-32-23-9-5-2-6-10-23/h1-10,15,20,22,24H,11-14,16-18H2,(H,26,31)/t20-,22+,24-/m0/s1. The summed E-state index contributed by atoms with van der Waals surface area (Å²) in [7, 11) is 0. The van der Waals surface area contributed by atoms with E-state index < -0.39 is 0 Å². The van der Waals surface area contributed by atoms with Gasteiger partial charge in [0, 0.05) is 19.1 Å². The molecule has 6 rings (SSSR count). The lowest BCUT2D eigenvalue weighted by molar-refractivity contribution is -0.133. The van der Waals surface area contributed by atoms with Crippen LogP contribution in [0.5, 0.6) is 5.75 Å². The number of carbonyl (C=O) groups is 1. The number of amides is 1. The molecule has 0 spiro atoms. The summed E-state index contributed by atoms with van der Waals surface area (Å²) in [6, 6.07) is 20.2. The lowest BCUT2D eigenvalue weighted by Crippen LogP contribution is -2.58. The van der Waals surface area contributed by atoms with Crippen molar-refractivity contribution in [2.24, 2.45) is 11.8 Å². The number of nitrogens with one attached hydrogen (secondary N) is 1. The van der Waals surface area contributed by atoms with Crippen molar-refractivity contribution < 1.29 is 9.53 Å². The highest BCUT2D eigenvalue weighted by Gasteiger charge is 2.43. The van der Waals surface area contributed by atoms with E-state index in [1.54, 1.807) is 0 Å². The molecule has 2 aromatic carbocycles. The third-order valence-corrected chi connectivity index (χ3v) is 6.64. The molecule has 4 heterocycles. The highest BCUT2D eigenvalue weighted by Crippen LogP contribution is 2.37. The summed E-state index contributed by atoms with van der Waals surface area (Å²) in [5, 5.41) is 11.7. The number of aromatic nitrogens is 3. The normalized spacial score (nSPS) is 24.2. The Kier molecular flexibility index (Phi) is 6.16. The lowest BCUT2D eigenvalue weighted by Gasteiger charge is -2.49. The molecular weight excluding hydrogens is 402 g/mol. The van der Waals surface area contributed by atoms with Crippen molar-refractivity contribution in [1.29, 1.82) is 0 Å². The van der Waals surface area contributed by atoms with Crippen molar-refractivity contribution in [3.05, 3.63) is 78.1 Å². The number of benzene rings is 2. The van der Waals surface area contributed by atoms with E-state index in [4.69, 9.17) is 4.74 Å². The molecule has 7 nitrogen and oxygen atoms in total. The van der Waals surface area contributed by atoms with Gasteiger partial charge in [-0.1, -0.05) is 53.7 Å².